The summed E-state index contributed by atoms with van der Waals surface area (Å²) in [5.41, 5.74) is 0. The van der Waals surface area contributed by atoms with Crippen LogP contribution in [0.2, 0.25) is 0 Å². The first-order valence-electron chi connectivity index (χ1n) is 15.7. The largest absolute Gasteiger partial charge is 0 e. The van der Waals surface area contributed by atoms with Crippen LogP contribution in [0.25, 0.3) is 0 Å². The predicted octanol–water partition coefficient (Wildman–Crippen LogP) is 8.81. The third kappa shape index (κ3) is 69.0. The minimum atomic E-state index is -0.0302. The number of unbranched alkanes of at least 4 members (excludes halogenated alkanes) is 2. The number of carbonyl (C=O) groups is 3. The van der Waals surface area contributed by atoms with Crippen molar-refractivity contribution in [3.05, 3.63) is 135 Å². The molecule has 0 heterocycles. The van der Waals surface area contributed by atoms with E-state index < -0.39 is 0 Å². The maximum Gasteiger partial charge on any atom is 0 e. The van der Waals surface area contributed by atoms with Gasteiger partial charge in [0.25, 0.3) is 0 Å². The fourth-order valence-electron chi connectivity index (χ4n) is 2.58. The van der Waals surface area contributed by atoms with Gasteiger partial charge < -0.3 is 15.4 Å². The molecule has 0 aliphatic carbocycles. The number of hydrogen-bond donors (Lipinski definition) is 2. The van der Waals surface area contributed by atoms with Crippen molar-refractivity contribution in [2.75, 3.05) is 13.1 Å². The molecular weight excluding hydrogens is 644 g/mol. The number of allylic oxidation sites excluding steroid dienone is 18. The van der Waals surface area contributed by atoms with Gasteiger partial charge in [0.15, 0.2) is 0 Å². The van der Waals surface area contributed by atoms with Gasteiger partial charge in [-0.1, -0.05) is 137 Å². The fourth-order valence-corrected chi connectivity index (χ4v) is 2.58. The number of carbonyl (C=O) groups excluding carboxylic acids is 3. The van der Waals surface area contributed by atoms with Gasteiger partial charge in [0.1, 0.15) is 6.29 Å². The smallest absolute Gasteiger partial charge is 0 e. The Bertz CT molecular complexity index is 986. The topological polar surface area (TPSA) is 115 Å². The zero-order chi connectivity index (χ0) is 36.8. The average Bonchev–Trinajstić information content (AvgIpc) is 3.06. The minimum absolute atomic E-state index is 0. The van der Waals surface area contributed by atoms with E-state index in [2.05, 4.69) is 75.9 Å². The van der Waals surface area contributed by atoms with Crippen LogP contribution >= 0.6 is 0 Å². The Balaban J connectivity index is -0.000000152. The quantitative estimate of drug-likeness (QED) is 0.0283. The number of rotatable bonds is 18. The maximum atomic E-state index is 11.4. The molecule has 2 N–H and O–H groups in total. The Morgan fingerprint density at radius 2 is 0.771 bits per heavy atom. The summed E-state index contributed by atoms with van der Waals surface area (Å²) < 4.78 is 15.0. The molecule has 0 aliphatic rings. The Labute approximate surface area is 302 Å². The molecule has 0 saturated carbocycles. The Kier molecular flexibility index (Phi) is 65.1. The summed E-state index contributed by atoms with van der Waals surface area (Å²) in [5.74, 6) is 0.905. The van der Waals surface area contributed by atoms with Crippen LogP contribution in [-0.4, -0.2) is 31.2 Å². The van der Waals surface area contributed by atoms with Gasteiger partial charge in [0.2, 0.25) is 11.8 Å². The molecule has 0 saturated heterocycles. The molecule has 0 aromatic rings. The van der Waals surface area contributed by atoms with Crippen LogP contribution in [-0.2, 0) is 40.8 Å². The van der Waals surface area contributed by atoms with E-state index in [0.717, 1.165) is 45.1 Å². The van der Waals surface area contributed by atoms with Gasteiger partial charge >= 0.3 is 22.6 Å². The van der Waals surface area contributed by atoms with Gasteiger partial charge in [0, 0.05) is 42.3 Å². The molecule has 2 amide bonds. The summed E-state index contributed by atoms with van der Waals surface area (Å²) in [7, 11) is 0. The third-order valence-corrected chi connectivity index (χ3v) is 4.68. The van der Waals surface area contributed by atoms with Crippen LogP contribution in [0.3, 0.4) is 0 Å². The first-order valence-corrected chi connectivity index (χ1v) is 15.7. The molecule has 7 nitrogen and oxygen atoms in total. The van der Waals surface area contributed by atoms with Crippen molar-refractivity contribution in [2.45, 2.75) is 74.1 Å². The monoisotopic (exact) mass is 702 g/mol. The van der Waals surface area contributed by atoms with Crippen LogP contribution in [0.4, 0.5) is 0 Å². The summed E-state index contributed by atoms with van der Waals surface area (Å²) in [6, 6.07) is 0. The molecule has 0 aliphatic heterocycles. The Morgan fingerprint density at radius 3 is 1.02 bits per heavy atom. The van der Waals surface area contributed by atoms with Crippen molar-refractivity contribution in [1.29, 1.82) is 0 Å². The first-order chi connectivity index (χ1) is 22.7. The van der Waals surface area contributed by atoms with E-state index in [4.69, 9.17) is 14.1 Å². The van der Waals surface area contributed by atoms with Crippen molar-refractivity contribution in [3.63, 3.8) is 0 Å². The molecule has 48 heavy (non-hydrogen) atoms. The number of amides is 2. The van der Waals surface area contributed by atoms with E-state index in [1.807, 2.05) is 86.8 Å². The van der Waals surface area contributed by atoms with Crippen LogP contribution in [0, 0.1) is 25.1 Å². The van der Waals surface area contributed by atoms with Gasteiger partial charge in [-0.3, -0.25) is 9.59 Å². The molecule has 0 spiro atoms. The van der Waals surface area contributed by atoms with Crippen molar-refractivity contribution < 1.29 is 40.8 Å². The van der Waals surface area contributed by atoms with Crippen molar-refractivity contribution >= 4 is 18.1 Å². The second-order valence-electron chi connectivity index (χ2n) is 9.92. The van der Waals surface area contributed by atoms with Crippen molar-refractivity contribution in [2.24, 2.45) is 11.8 Å². The van der Waals surface area contributed by atoms with E-state index >= 15 is 0 Å². The van der Waals surface area contributed by atoms with Gasteiger partial charge in [-0.15, -0.1) is 0 Å². The summed E-state index contributed by atoms with van der Waals surface area (Å²) in [4.78, 5) is 31.5. The predicted molar refractivity (Wildman–Crippen MR) is 197 cm³/mol. The Hall–Kier alpha value is -3.99. The van der Waals surface area contributed by atoms with Crippen LogP contribution in [0.1, 0.15) is 74.1 Å². The molecule has 0 fully saturated rings. The molecular formula is C40H58FeN2O5. The molecule has 8 heteroatoms. The Morgan fingerprint density at radius 1 is 0.521 bits per heavy atom. The molecule has 0 rings (SSSR count). The molecule has 0 atom stereocenters. The number of aldehydes is 1. The van der Waals surface area contributed by atoms with Gasteiger partial charge in [-0.25, -0.2) is 0 Å². The molecule has 0 aromatic carbocycles. The third-order valence-electron chi connectivity index (χ3n) is 4.68. The second-order valence-corrected chi connectivity index (χ2v) is 9.92. The van der Waals surface area contributed by atoms with E-state index in [1.165, 1.54) is 6.92 Å². The van der Waals surface area contributed by atoms with Crippen LogP contribution in [0.5, 0.6) is 0 Å². The zero-order valence-electron chi connectivity index (χ0n) is 29.9. The first kappa shape index (κ1) is 56.3. The van der Waals surface area contributed by atoms with E-state index in [-0.39, 0.29) is 28.9 Å². The molecule has 0 aromatic heterocycles. The van der Waals surface area contributed by atoms with E-state index in [9.17, 15) is 9.59 Å². The SMILES string of the molecule is C/C=C/C=C/C=C\CC/C=C/C=C/C(=O)NCC(C)C.C/C=C/C=C/C=C\CC/C=C/C=C/C(=O)NCC(C)C.CC=O.[C-]#[O+].[C-]#[O+].[Fe]. The van der Waals surface area contributed by atoms with Crippen LogP contribution < -0.4 is 10.6 Å². The number of hydrogen-bond acceptors (Lipinski definition) is 3. The molecule has 0 unspecified atom stereocenters. The summed E-state index contributed by atoms with van der Waals surface area (Å²) in [6.45, 7) is 24.2. The van der Waals surface area contributed by atoms with Gasteiger partial charge in [-0.05, 0) is 58.3 Å². The average molecular weight is 703 g/mol. The van der Waals surface area contributed by atoms with E-state index in [1.54, 1.807) is 24.3 Å². The van der Waals surface area contributed by atoms with Crippen molar-refractivity contribution in [1.82, 2.24) is 10.6 Å². The summed E-state index contributed by atoms with van der Waals surface area (Å²) >= 11 is 0. The normalized spacial score (nSPS) is 11.2. The maximum absolute atomic E-state index is 11.4. The second kappa shape index (κ2) is 55.4. The van der Waals surface area contributed by atoms with Gasteiger partial charge in [-0.2, -0.15) is 0 Å². The van der Waals surface area contributed by atoms with Gasteiger partial charge in [0.05, 0.1) is 0 Å². The fraction of sp³-hybridized carbons (Fsp3) is 0.375. The summed E-state index contributed by atoms with van der Waals surface area (Å²) in [5, 5.41) is 5.67. The zero-order valence-corrected chi connectivity index (χ0v) is 31.0. The molecule has 0 radical (unpaired) electrons. The minimum Gasteiger partial charge on any atom is 0 e. The van der Waals surface area contributed by atoms with Crippen molar-refractivity contribution in [3.8, 4) is 0 Å². The number of nitrogens with one attached hydrogen (secondary N) is 2. The molecule has 266 valence electrons. The van der Waals surface area contributed by atoms with Crippen LogP contribution in [0.15, 0.2) is 122 Å². The molecule has 0 bridgehead atoms. The standard InChI is InChI=1S/2C18H27NO.C2H4O.2CO.Fe/c2*1-4-5-6-7-8-9-10-11-12-13-14-15-18(20)19-16-17(2)3;1-2-3;2*1-2;/h2*4-9,12-15,17H,10-11,16H2,1-3H3,(H,19,20);2H,1H3;;;/b2*5-4+,7-6+,9-8-,13-12+,15-14+;;;;. The summed E-state index contributed by atoms with van der Waals surface area (Å²) in [6.07, 6.45) is 43.7. The van der Waals surface area contributed by atoms with E-state index in [0.29, 0.717) is 11.8 Å².